The Kier molecular flexibility index (Phi) is 9.19. The van der Waals surface area contributed by atoms with Gasteiger partial charge >= 0.3 is 0 Å². The van der Waals surface area contributed by atoms with Crippen molar-refractivity contribution in [3.05, 3.63) is 247 Å². The molecule has 2 atom stereocenters. The van der Waals surface area contributed by atoms with Crippen molar-refractivity contribution >= 4 is 39.6 Å². The molecule has 0 spiro atoms. The lowest BCUT2D eigenvalue weighted by Crippen LogP contribution is -2.36. The van der Waals surface area contributed by atoms with Crippen LogP contribution in [-0.2, 0) is 0 Å². The van der Waals surface area contributed by atoms with Gasteiger partial charge in [-0.05, 0) is 88.6 Å². The molecule has 0 saturated heterocycles. The maximum absolute atomic E-state index is 5.44. The molecule has 0 amide bonds. The summed E-state index contributed by atoms with van der Waals surface area (Å²) in [4.78, 5) is 13.0. The van der Waals surface area contributed by atoms with Crippen LogP contribution in [0, 0.1) is 0 Å². The first-order chi connectivity index (χ1) is 31.7. The monoisotopic (exact) mass is 822 g/mol. The first-order valence-corrected chi connectivity index (χ1v) is 21.8. The minimum absolute atomic E-state index is 0.0704. The van der Waals surface area contributed by atoms with Crippen LogP contribution >= 0.6 is 0 Å². The first-order valence-electron chi connectivity index (χ1n) is 21.8. The summed E-state index contributed by atoms with van der Waals surface area (Å²) in [5, 5.41) is 8.51. The lowest BCUT2D eigenvalue weighted by molar-refractivity contribution is 0.507. The number of hydrogen-bond donors (Lipinski definition) is 2. The number of dihydropyridines is 1. The predicted molar refractivity (Wildman–Crippen MR) is 264 cm³/mol. The Morgan fingerprint density at radius 3 is 1.86 bits per heavy atom. The predicted octanol–water partition coefficient (Wildman–Crippen LogP) is 13.8. The van der Waals surface area contributed by atoms with Gasteiger partial charge in [-0.15, -0.1) is 0 Å². The van der Waals surface area contributed by atoms with E-state index in [-0.39, 0.29) is 6.04 Å². The van der Waals surface area contributed by atoms with Crippen LogP contribution in [0.3, 0.4) is 0 Å². The molecule has 4 heterocycles. The smallest absolute Gasteiger partial charge is 0.204 e. The molecule has 0 radical (unpaired) electrons. The zero-order valence-corrected chi connectivity index (χ0v) is 34.9. The standard InChI is InChI=1S/C58H42N6/c1-4-19-39(20-5-1)43-35-44(37-45(36-43)50-30-16-17-34-59-50)42-25-18-26-46(38-42)63-51-31-13-10-27-47(51)54-48-28-11-14-32-52(48)64(55(54)49-29-12-15-33-53(49)63)58-61-56(40-21-6-2-7-22-40)60-57(62-58)41-23-8-3-9-24-41/h1-38,50,58-59H,(H,60,61,62). The van der Waals surface area contributed by atoms with Gasteiger partial charge in [0.1, 0.15) is 5.84 Å². The van der Waals surface area contributed by atoms with Gasteiger partial charge < -0.3 is 15.5 Å². The highest BCUT2D eigenvalue weighted by molar-refractivity contribution is 6.15. The minimum atomic E-state index is -0.512. The molecule has 6 nitrogen and oxygen atoms in total. The Labute approximate surface area is 372 Å². The van der Waals surface area contributed by atoms with Gasteiger partial charge in [0.15, 0.2) is 5.84 Å². The van der Waals surface area contributed by atoms with Crippen molar-refractivity contribution in [2.24, 2.45) is 9.98 Å². The largest absolute Gasteiger partial charge is 0.381 e. The average Bonchev–Trinajstić information content (AvgIpc) is 3.66. The number of fused-ring (bicyclic) bond motifs is 7. The second kappa shape index (κ2) is 15.8. The Balaban J connectivity index is 1.05. The highest BCUT2D eigenvalue weighted by atomic mass is 15.3. The van der Waals surface area contributed by atoms with Crippen LogP contribution in [-0.4, -0.2) is 16.2 Å². The molecule has 0 fully saturated rings. The van der Waals surface area contributed by atoms with E-state index in [1.165, 1.54) is 22.3 Å². The highest BCUT2D eigenvalue weighted by Gasteiger charge is 2.34. The third-order valence-electron chi connectivity index (χ3n) is 12.4. The van der Waals surface area contributed by atoms with E-state index >= 15 is 0 Å². The van der Waals surface area contributed by atoms with Crippen molar-refractivity contribution in [2.75, 3.05) is 4.90 Å². The van der Waals surface area contributed by atoms with Crippen LogP contribution < -0.4 is 15.5 Å². The van der Waals surface area contributed by atoms with Crippen molar-refractivity contribution in [1.82, 2.24) is 15.2 Å². The van der Waals surface area contributed by atoms with Crippen molar-refractivity contribution in [1.29, 1.82) is 0 Å². The zero-order valence-electron chi connectivity index (χ0n) is 34.9. The summed E-state index contributed by atoms with van der Waals surface area (Å²) < 4.78 is 2.39. The molecule has 1 aromatic heterocycles. The number of hydrogen-bond acceptors (Lipinski definition) is 5. The van der Waals surface area contributed by atoms with E-state index in [1.807, 2.05) is 36.5 Å². The van der Waals surface area contributed by atoms with Crippen molar-refractivity contribution < 1.29 is 0 Å². The third kappa shape index (κ3) is 6.52. The number of amidine groups is 2. The van der Waals surface area contributed by atoms with Crippen LogP contribution in [0.1, 0.15) is 29.0 Å². The molecule has 3 aliphatic rings. The van der Waals surface area contributed by atoms with Crippen LogP contribution in [0.15, 0.2) is 241 Å². The van der Waals surface area contributed by atoms with Crippen molar-refractivity contribution in [2.45, 2.75) is 12.3 Å². The van der Waals surface area contributed by atoms with Gasteiger partial charge in [-0.2, -0.15) is 0 Å². The zero-order chi connectivity index (χ0) is 42.4. The van der Waals surface area contributed by atoms with Crippen LogP contribution in [0.4, 0.5) is 17.1 Å². The summed E-state index contributed by atoms with van der Waals surface area (Å²) in [6.45, 7) is 0. The Bertz CT molecular complexity index is 3340. The molecule has 12 rings (SSSR count). The van der Waals surface area contributed by atoms with Gasteiger partial charge in [0.05, 0.1) is 28.6 Å². The fourth-order valence-corrected chi connectivity index (χ4v) is 9.51. The van der Waals surface area contributed by atoms with Gasteiger partial charge in [-0.3, -0.25) is 4.57 Å². The van der Waals surface area contributed by atoms with E-state index in [1.54, 1.807) is 0 Å². The summed E-state index contributed by atoms with van der Waals surface area (Å²) in [6, 6.07) is 73.7. The molecule has 6 heteroatoms. The van der Waals surface area contributed by atoms with Gasteiger partial charge in [0.2, 0.25) is 6.29 Å². The number of aliphatic imine (C=N–C) groups is 2. The van der Waals surface area contributed by atoms with Crippen molar-refractivity contribution in [3.8, 4) is 44.6 Å². The summed E-state index contributed by atoms with van der Waals surface area (Å²) >= 11 is 0. The number of anilines is 3. The lowest BCUT2D eigenvalue weighted by Gasteiger charge is -2.29. The van der Waals surface area contributed by atoms with Gasteiger partial charge in [0, 0.05) is 38.9 Å². The number of para-hydroxylation sites is 3. The molecule has 304 valence electrons. The van der Waals surface area contributed by atoms with E-state index < -0.39 is 6.29 Å². The first kappa shape index (κ1) is 37.3. The fourth-order valence-electron chi connectivity index (χ4n) is 9.51. The number of aromatic nitrogens is 1. The molecule has 2 unspecified atom stereocenters. The van der Waals surface area contributed by atoms with Crippen LogP contribution in [0.5, 0.6) is 0 Å². The Morgan fingerprint density at radius 2 is 1.11 bits per heavy atom. The molecule has 0 saturated carbocycles. The summed E-state index contributed by atoms with van der Waals surface area (Å²) in [5.74, 6) is 1.46. The maximum atomic E-state index is 5.44. The summed E-state index contributed by atoms with van der Waals surface area (Å²) in [6.07, 6.45) is 7.88. The molecule has 0 aliphatic carbocycles. The van der Waals surface area contributed by atoms with E-state index in [9.17, 15) is 0 Å². The topological polar surface area (TPSA) is 57.0 Å². The molecule has 8 aromatic carbocycles. The van der Waals surface area contributed by atoms with E-state index in [2.05, 4.69) is 214 Å². The van der Waals surface area contributed by atoms with Crippen LogP contribution in [0.25, 0.3) is 55.5 Å². The average molecular weight is 823 g/mol. The molecule has 2 N–H and O–H groups in total. The summed E-state index contributed by atoms with van der Waals surface area (Å²) in [5.41, 5.74) is 16.7. The molecule has 3 aliphatic heterocycles. The Morgan fingerprint density at radius 1 is 0.484 bits per heavy atom. The van der Waals surface area contributed by atoms with Gasteiger partial charge in [0.25, 0.3) is 0 Å². The number of rotatable bonds is 7. The van der Waals surface area contributed by atoms with Gasteiger partial charge in [-0.1, -0.05) is 170 Å². The number of nitrogens with one attached hydrogen (secondary N) is 2. The second-order valence-electron chi connectivity index (χ2n) is 16.3. The highest BCUT2D eigenvalue weighted by Crippen LogP contribution is 2.54. The summed E-state index contributed by atoms with van der Waals surface area (Å²) in [7, 11) is 0. The normalized spacial score (nSPS) is 16.1. The Hall–Kier alpha value is -8.48. The van der Waals surface area contributed by atoms with Crippen LogP contribution in [0.2, 0.25) is 0 Å². The van der Waals surface area contributed by atoms with Gasteiger partial charge in [-0.25, -0.2) is 9.98 Å². The molecule has 64 heavy (non-hydrogen) atoms. The molecular weight excluding hydrogens is 781 g/mol. The maximum Gasteiger partial charge on any atom is 0.204 e. The van der Waals surface area contributed by atoms with E-state index in [0.29, 0.717) is 5.84 Å². The van der Waals surface area contributed by atoms with Crippen molar-refractivity contribution in [3.63, 3.8) is 0 Å². The SMILES string of the molecule is C1=CNC(c2cc(-c3ccccc3)cc(-c3cccc(N4c5ccccc5-c5c(n(C6N=C(c7ccccc7)N=C(c7ccccc7)N6)c6ccccc56)-c5ccccc54)c3)c2)C=C1. The number of nitrogens with zero attached hydrogens (tertiary/aromatic N) is 4. The van der Waals surface area contributed by atoms with E-state index in [0.717, 1.165) is 72.9 Å². The lowest BCUT2D eigenvalue weighted by atomic mass is 9.92. The quantitative estimate of drug-likeness (QED) is 0.168. The molecule has 9 aromatic rings. The fraction of sp³-hybridized carbons (Fsp3) is 0.0345. The molecule has 0 bridgehead atoms. The van der Waals surface area contributed by atoms with E-state index in [4.69, 9.17) is 9.98 Å². The number of benzene rings is 8. The number of allylic oxidation sites excluding steroid dienone is 2. The minimum Gasteiger partial charge on any atom is -0.381 e. The third-order valence-corrected chi connectivity index (χ3v) is 12.4. The second-order valence-corrected chi connectivity index (χ2v) is 16.3. The molecular formula is C58H42N6.